The van der Waals surface area contributed by atoms with Gasteiger partial charge in [-0.15, -0.1) is 0 Å². The number of hydrogen-bond acceptors (Lipinski definition) is 3. The Hall–Kier alpha value is -1.55. The Labute approximate surface area is 113 Å². The Morgan fingerprint density at radius 2 is 2.37 bits per heavy atom. The maximum absolute atomic E-state index is 10.8. The lowest BCUT2D eigenvalue weighted by Gasteiger charge is -2.16. The number of carboxylic acids is 1. The number of ether oxygens (including phenoxy) is 1. The summed E-state index contributed by atoms with van der Waals surface area (Å²) in [6.07, 6.45) is 2.76. The van der Waals surface area contributed by atoms with E-state index < -0.39 is 5.97 Å². The van der Waals surface area contributed by atoms with Crippen LogP contribution in [-0.4, -0.2) is 42.2 Å². The largest absolute Gasteiger partial charge is 0.493 e. The zero-order valence-corrected chi connectivity index (χ0v) is 11.1. The monoisotopic (exact) mass is 261 g/mol. The van der Waals surface area contributed by atoms with Crippen LogP contribution < -0.4 is 4.74 Å². The second-order valence-electron chi connectivity index (χ2n) is 5.52. The van der Waals surface area contributed by atoms with Crippen molar-refractivity contribution in [3.63, 3.8) is 0 Å². The summed E-state index contributed by atoms with van der Waals surface area (Å²) in [4.78, 5) is 13.0. The molecule has 2 aliphatic rings. The van der Waals surface area contributed by atoms with Gasteiger partial charge in [-0.05, 0) is 37.1 Å². The summed E-state index contributed by atoms with van der Waals surface area (Å²) < 4.78 is 5.49. The van der Waals surface area contributed by atoms with Gasteiger partial charge in [0.25, 0.3) is 0 Å². The van der Waals surface area contributed by atoms with Gasteiger partial charge in [0.15, 0.2) is 0 Å². The summed E-state index contributed by atoms with van der Waals surface area (Å²) in [5.41, 5.74) is 2.61. The lowest BCUT2D eigenvalue weighted by Crippen LogP contribution is -2.26. The number of aliphatic carboxylic acids is 1. The molecule has 19 heavy (non-hydrogen) atoms. The lowest BCUT2D eigenvalue weighted by molar-refractivity contribution is -0.138. The van der Waals surface area contributed by atoms with Gasteiger partial charge in [0.1, 0.15) is 5.75 Å². The third kappa shape index (κ3) is 2.59. The normalized spacial score (nSPS) is 24.1. The standard InChI is InChI=1S/C15H19NO3/c1-16(13-9-12(13)15(17)18)6-4-10-2-3-14-11(8-10)5-7-19-14/h2-3,8,12-13H,4-7,9H2,1H3,(H,17,18). The molecule has 1 heterocycles. The minimum atomic E-state index is -0.661. The van der Waals surface area contributed by atoms with Crippen LogP contribution in [0.25, 0.3) is 0 Å². The summed E-state index contributed by atoms with van der Waals surface area (Å²) >= 11 is 0. The third-order valence-electron chi connectivity index (χ3n) is 4.15. The zero-order chi connectivity index (χ0) is 13.4. The molecule has 0 aromatic heterocycles. The lowest BCUT2D eigenvalue weighted by atomic mass is 10.1. The van der Waals surface area contributed by atoms with Gasteiger partial charge in [0, 0.05) is 19.0 Å². The van der Waals surface area contributed by atoms with E-state index in [2.05, 4.69) is 23.1 Å². The predicted molar refractivity (Wildman–Crippen MR) is 71.5 cm³/mol. The molecule has 1 fully saturated rings. The summed E-state index contributed by atoms with van der Waals surface area (Å²) in [7, 11) is 2.02. The van der Waals surface area contributed by atoms with Gasteiger partial charge in [-0.1, -0.05) is 12.1 Å². The van der Waals surface area contributed by atoms with Crippen LogP contribution >= 0.6 is 0 Å². The Bertz CT molecular complexity index is 500. The molecule has 0 spiro atoms. The van der Waals surface area contributed by atoms with Crippen molar-refractivity contribution in [1.82, 2.24) is 4.90 Å². The van der Waals surface area contributed by atoms with Crippen molar-refractivity contribution in [2.24, 2.45) is 5.92 Å². The average Bonchev–Trinajstić information content (AvgIpc) is 3.07. The first-order valence-corrected chi connectivity index (χ1v) is 6.83. The molecule has 0 bridgehead atoms. The molecular formula is C15H19NO3. The van der Waals surface area contributed by atoms with Crippen LogP contribution in [0.3, 0.4) is 0 Å². The fraction of sp³-hybridized carbons (Fsp3) is 0.533. The molecule has 1 aromatic carbocycles. The average molecular weight is 261 g/mol. The quantitative estimate of drug-likeness (QED) is 0.874. The zero-order valence-electron chi connectivity index (χ0n) is 11.1. The molecule has 1 aromatic rings. The number of likely N-dealkylation sites (N-methyl/N-ethyl adjacent to an activating group) is 1. The first kappa shape index (κ1) is 12.5. The van der Waals surface area contributed by atoms with E-state index in [0.29, 0.717) is 0 Å². The first-order chi connectivity index (χ1) is 9.15. The van der Waals surface area contributed by atoms with E-state index >= 15 is 0 Å². The van der Waals surface area contributed by atoms with Crippen molar-refractivity contribution >= 4 is 5.97 Å². The van der Waals surface area contributed by atoms with E-state index in [1.54, 1.807) is 0 Å². The van der Waals surface area contributed by atoms with E-state index in [1.807, 2.05) is 7.05 Å². The first-order valence-electron chi connectivity index (χ1n) is 6.83. The van der Waals surface area contributed by atoms with E-state index in [4.69, 9.17) is 9.84 Å². The summed E-state index contributed by atoms with van der Waals surface area (Å²) in [5.74, 6) is 0.204. The van der Waals surface area contributed by atoms with E-state index in [1.165, 1.54) is 11.1 Å². The summed E-state index contributed by atoms with van der Waals surface area (Å²) in [6.45, 7) is 1.70. The number of fused-ring (bicyclic) bond motifs is 1. The SMILES string of the molecule is CN(CCc1ccc2c(c1)CCO2)C1CC1C(=O)O. The fourth-order valence-electron chi connectivity index (χ4n) is 2.80. The molecule has 0 saturated heterocycles. The molecule has 1 aliphatic heterocycles. The topological polar surface area (TPSA) is 49.8 Å². The minimum absolute atomic E-state index is 0.154. The van der Waals surface area contributed by atoms with Crippen molar-refractivity contribution in [2.45, 2.75) is 25.3 Å². The molecule has 4 nitrogen and oxygen atoms in total. The molecule has 4 heteroatoms. The van der Waals surface area contributed by atoms with Crippen LogP contribution in [0, 0.1) is 5.92 Å². The van der Waals surface area contributed by atoms with Crippen LogP contribution in [0.4, 0.5) is 0 Å². The highest BCUT2D eigenvalue weighted by molar-refractivity contribution is 5.74. The van der Waals surface area contributed by atoms with E-state index in [-0.39, 0.29) is 12.0 Å². The van der Waals surface area contributed by atoms with Crippen molar-refractivity contribution in [1.29, 1.82) is 0 Å². The number of carbonyl (C=O) groups is 1. The van der Waals surface area contributed by atoms with Gasteiger partial charge in [0.05, 0.1) is 12.5 Å². The maximum atomic E-state index is 10.8. The molecular weight excluding hydrogens is 242 g/mol. The van der Waals surface area contributed by atoms with Crippen LogP contribution in [0.5, 0.6) is 5.75 Å². The van der Waals surface area contributed by atoms with Gasteiger partial charge in [-0.25, -0.2) is 0 Å². The molecule has 0 amide bonds. The van der Waals surface area contributed by atoms with Crippen molar-refractivity contribution < 1.29 is 14.6 Å². The number of nitrogens with zero attached hydrogens (tertiary/aromatic N) is 1. The predicted octanol–water partition coefficient (Wildman–Crippen LogP) is 1.57. The smallest absolute Gasteiger partial charge is 0.308 e. The number of hydrogen-bond donors (Lipinski definition) is 1. The van der Waals surface area contributed by atoms with E-state index in [9.17, 15) is 4.79 Å². The highest BCUT2D eigenvalue weighted by atomic mass is 16.5. The fourth-order valence-corrected chi connectivity index (χ4v) is 2.80. The Morgan fingerprint density at radius 1 is 1.53 bits per heavy atom. The Kier molecular flexibility index (Phi) is 3.19. The van der Waals surface area contributed by atoms with Crippen molar-refractivity contribution in [2.75, 3.05) is 20.2 Å². The number of rotatable bonds is 5. The molecule has 2 unspecified atom stereocenters. The molecule has 1 aliphatic carbocycles. The Morgan fingerprint density at radius 3 is 3.11 bits per heavy atom. The van der Waals surface area contributed by atoms with Crippen molar-refractivity contribution in [3.05, 3.63) is 29.3 Å². The highest BCUT2D eigenvalue weighted by Crippen LogP contribution is 2.35. The molecule has 0 radical (unpaired) electrons. The van der Waals surface area contributed by atoms with Gasteiger partial charge in [-0.2, -0.15) is 0 Å². The number of carboxylic acid groups (broad SMARTS) is 1. The molecule has 1 saturated carbocycles. The van der Waals surface area contributed by atoms with Gasteiger partial charge >= 0.3 is 5.97 Å². The van der Waals surface area contributed by atoms with Crippen LogP contribution in [-0.2, 0) is 17.6 Å². The van der Waals surface area contributed by atoms with Gasteiger partial charge in [-0.3, -0.25) is 4.79 Å². The van der Waals surface area contributed by atoms with Gasteiger partial charge in [0.2, 0.25) is 0 Å². The second-order valence-corrected chi connectivity index (χ2v) is 5.52. The number of benzene rings is 1. The minimum Gasteiger partial charge on any atom is -0.493 e. The van der Waals surface area contributed by atoms with Crippen LogP contribution in [0.15, 0.2) is 18.2 Å². The van der Waals surface area contributed by atoms with Crippen molar-refractivity contribution in [3.8, 4) is 5.75 Å². The molecule has 3 rings (SSSR count). The maximum Gasteiger partial charge on any atom is 0.308 e. The highest BCUT2D eigenvalue weighted by Gasteiger charge is 2.45. The molecule has 2 atom stereocenters. The van der Waals surface area contributed by atoms with Crippen LogP contribution in [0.2, 0.25) is 0 Å². The summed E-state index contributed by atoms with van der Waals surface area (Å²) in [6, 6.07) is 6.61. The Balaban J connectivity index is 1.54. The van der Waals surface area contributed by atoms with Gasteiger partial charge < -0.3 is 14.7 Å². The molecule has 102 valence electrons. The molecule has 1 N–H and O–H groups in total. The van der Waals surface area contributed by atoms with Crippen LogP contribution in [0.1, 0.15) is 17.5 Å². The third-order valence-corrected chi connectivity index (χ3v) is 4.15. The second kappa shape index (κ2) is 4.85. The van der Waals surface area contributed by atoms with E-state index in [0.717, 1.165) is 38.2 Å². The summed E-state index contributed by atoms with van der Waals surface area (Å²) in [5, 5.41) is 8.92.